The van der Waals surface area contributed by atoms with Crippen LogP contribution in [0.25, 0.3) is 0 Å². The minimum Gasteiger partial charge on any atom is -0.310 e. The summed E-state index contributed by atoms with van der Waals surface area (Å²) in [5.41, 5.74) is 1.81. The molecule has 5 heteroatoms. The third-order valence-corrected chi connectivity index (χ3v) is 5.41. The quantitative estimate of drug-likeness (QED) is 0.812. The molecule has 1 fully saturated rings. The summed E-state index contributed by atoms with van der Waals surface area (Å²) in [7, 11) is -3.43. The van der Waals surface area contributed by atoms with Gasteiger partial charge in [0.05, 0.1) is 4.90 Å². The van der Waals surface area contributed by atoms with Crippen LogP contribution in [0.5, 0.6) is 0 Å². The highest BCUT2D eigenvalue weighted by Crippen LogP contribution is 2.21. The minimum absolute atomic E-state index is 0.0485. The van der Waals surface area contributed by atoms with Crippen LogP contribution >= 0.6 is 0 Å². The molecule has 1 atom stereocenters. The molecule has 2 rings (SSSR count). The molecule has 1 aromatic carbocycles. The van der Waals surface area contributed by atoms with Gasteiger partial charge in [-0.3, -0.25) is 0 Å². The van der Waals surface area contributed by atoms with Crippen molar-refractivity contribution in [3.8, 4) is 0 Å². The summed E-state index contributed by atoms with van der Waals surface area (Å²) in [6.45, 7) is 6.42. The van der Waals surface area contributed by atoms with E-state index in [-0.39, 0.29) is 6.04 Å². The molecule has 1 saturated carbocycles. The summed E-state index contributed by atoms with van der Waals surface area (Å²) in [5, 5.41) is 3.41. The zero-order valence-corrected chi connectivity index (χ0v) is 13.3. The van der Waals surface area contributed by atoms with Crippen molar-refractivity contribution in [2.24, 2.45) is 0 Å². The van der Waals surface area contributed by atoms with Gasteiger partial charge in [0.15, 0.2) is 0 Å². The number of rotatable bonds is 7. The summed E-state index contributed by atoms with van der Waals surface area (Å²) in [6, 6.07) is 6.24. The van der Waals surface area contributed by atoms with E-state index in [2.05, 4.69) is 10.0 Å². The standard InChI is InChI=1S/C15H24N2O2S/c1-4-12(3)17-20(18,19)15-9-13(6-5-11(15)2)10-16-14-7-8-14/h5-6,9,12,14,16-17H,4,7-8,10H2,1-3H3. The van der Waals surface area contributed by atoms with E-state index in [0.717, 1.165) is 24.1 Å². The molecule has 0 spiro atoms. The van der Waals surface area contributed by atoms with Gasteiger partial charge in [0, 0.05) is 18.6 Å². The Morgan fingerprint density at radius 1 is 1.35 bits per heavy atom. The van der Waals surface area contributed by atoms with Gasteiger partial charge in [-0.25, -0.2) is 13.1 Å². The van der Waals surface area contributed by atoms with Gasteiger partial charge in [-0.05, 0) is 50.3 Å². The van der Waals surface area contributed by atoms with Crippen LogP contribution in [0.2, 0.25) is 0 Å². The number of hydrogen-bond acceptors (Lipinski definition) is 3. The van der Waals surface area contributed by atoms with Crippen LogP contribution < -0.4 is 10.0 Å². The van der Waals surface area contributed by atoms with Gasteiger partial charge in [-0.2, -0.15) is 0 Å². The van der Waals surface area contributed by atoms with Crippen LogP contribution in [0.3, 0.4) is 0 Å². The van der Waals surface area contributed by atoms with Crippen LogP contribution in [-0.2, 0) is 16.6 Å². The molecule has 1 unspecified atom stereocenters. The SMILES string of the molecule is CCC(C)NS(=O)(=O)c1cc(CNC2CC2)ccc1C. The predicted molar refractivity (Wildman–Crippen MR) is 81.1 cm³/mol. The number of aryl methyl sites for hydroxylation is 1. The van der Waals surface area contributed by atoms with Crippen LogP contribution in [0.4, 0.5) is 0 Å². The lowest BCUT2D eigenvalue weighted by atomic mass is 10.1. The van der Waals surface area contributed by atoms with E-state index < -0.39 is 10.0 Å². The van der Waals surface area contributed by atoms with E-state index in [0.29, 0.717) is 10.9 Å². The predicted octanol–water partition coefficient (Wildman–Crippen LogP) is 2.32. The highest BCUT2D eigenvalue weighted by Gasteiger charge is 2.22. The van der Waals surface area contributed by atoms with Gasteiger partial charge in [-0.1, -0.05) is 19.1 Å². The first kappa shape index (κ1) is 15.5. The van der Waals surface area contributed by atoms with Gasteiger partial charge < -0.3 is 5.32 Å². The highest BCUT2D eigenvalue weighted by atomic mass is 32.2. The minimum atomic E-state index is -3.43. The molecule has 0 heterocycles. The van der Waals surface area contributed by atoms with Crippen molar-refractivity contribution in [1.82, 2.24) is 10.0 Å². The van der Waals surface area contributed by atoms with Crippen molar-refractivity contribution in [3.05, 3.63) is 29.3 Å². The Kier molecular flexibility index (Phi) is 4.83. The van der Waals surface area contributed by atoms with Crippen molar-refractivity contribution >= 4 is 10.0 Å². The Hall–Kier alpha value is -0.910. The Labute approximate surface area is 122 Å². The van der Waals surface area contributed by atoms with E-state index in [1.807, 2.05) is 32.9 Å². The molecule has 0 radical (unpaired) electrons. The van der Waals surface area contributed by atoms with Crippen molar-refractivity contribution in [2.45, 2.75) is 63.6 Å². The number of benzene rings is 1. The van der Waals surface area contributed by atoms with Gasteiger partial charge in [0.1, 0.15) is 0 Å². The van der Waals surface area contributed by atoms with E-state index in [1.54, 1.807) is 6.07 Å². The van der Waals surface area contributed by atoms with Gasteiger partial charge >= 0.3 is 0 Å². The molecule has 1 aliphatic carbocycles. The highest BCUT2D eigenvalue weighted by molar-refractivity contribution is 7.89. The maximum Gasteiger partial charge on any atom is 0.241 e. The Morgan fingerprint density at radius 3 is 2.65 bits per heavy atom. The summed E-state index contributed by atoms with van der Waals surface area (Å²) in [5.74, 6) is 0. The first-order chi connectivity index (χ1) is 9.42. The number of hydrogen-bond donors (Lipinski definition) is 2. The molecule has 0 bridgehead atoms. The fourth-order valence-electron chi connectivity index (χ4n) is 2.01. The molecular formula is C15H24N2O2S. The van der Waals surface area contributed by atoms with Crippen molar-refractivity contribution < 1.29 is 8.42 Å². The fraction of sp³-hybridized carbons (Fsp3) is 0.600. The normalized spacial score (nSPS) is 17.1. The van der Waals surface area contributed by atoms with Crippen LogP contribution in [0.1, 0.15) is 44.2 Å². The maximum atomic E-state index is 12.4. The van der Waals surface area contributed by atoms with Gasteiger partial charge in [0.2, 0.25) is 10.0 Å². The number of sulfonamides is 1. The molecule has 112 valence electrons. The largest absolute Gasteiger partial charge is 0.310 e. The Balaban J connectivity index is 2.17. The molecule has 0 saturated heterocycles. The second-order valence-corrected chi connectivity index (χ2v) is 7.37. The average Bonchev–Trinajstić information content (AvgIpc) is 3.21. The van der Waals surface area contributed by atoms with E-state index in [4.69, 9.17) is 0 Å². The van der Waals surface area contributed by atoms with E-state index in [1.165, 1.54) is 12.8 Å². The Morgan fingerprint density at radius 2 is 2.05 bits per heavy atom. The maximum absolute atomic E-state index is 12.4. The fourth-order valence-corrected chi connectivity index (χ4v) is 3.63. The third-order valence-electron chi connectivity index (χ3n) is 3.68. The average molecular weight is 296 g/mol. The van der Waals surface area contributed by atoms with Crippen LogP contribution in [0.15, 0.2) is 23.1 Å². The summed E-state index contributed by atoms with van der Waals surface area (Å²) in [4.78, 5) is 0.396. The molecule has 0 aromatic heterocycles. The molecule has 0 aliphatic heterocycles. The van der Waals surface area contributed by atoms with Gasteiger partial charge in [-0.15, -0.1) is 0 Å². The lowest BCUT2D eigenvalue weighted by molar-refractivity contribution is 0.555. The van der Waals surface area contributed by atoms with Gasteiger partial charge in [0.25, 0.3) is 0 Å². The van der Waals surface area contributed by atoms with E-state index >= 15 is 0 Å². The number of nitrogens with one attached hydrogen (secondary N) is 2. The lowest BCUT2D eigenvalue weighted by Crippen LogP contribution is -2.32. The second-order valence-electron chi connectivity index (χ2n) is 5.69. The van der Waals surface area contributed by atoms with Crippen molar-refractivity contribution in [1.29, 1.82) is 0 Å². The molecule has 1 aliphatic rings. The van der Waals surface area contributed by atoms with Crippen molar-refractivity contribution in [2.75, 3.05) is 0 Å². The molecule has 0 amide bonds. The smallest absolute Gasteiger partial charge is 0.241 e. The monoisotopic (exact) mass is 296 g/mol. The van der Waals surface area contributed by atoms with Crippen LogP contribution in [-0.4, -0.2) is 20.5 Å². The zero-order chi connectivity index (χ0) is 14.8. The molecule has 20 heavy (non-hydrogen) atoms. The first-order valence-corrected chi connectivity index (χ1v) is 8.76. The first-order valence-electron chi connectivity index (χ1n) is 7.27. The zero-order valence-electron chi connectivity index (χ0n) is 12.4. The molecule has 2 N–H and O–H groups in total. The molecular weight excluding hydrogens is 272 g/mol. The lowest BCUT2D eigenvalue weighted by Gasteiger charge is -2.15. The molecule has 1 aromatic rings. The second kappa shape index (κ2) is 6.24. The topological polar surface area (TPSA) is 58.2 Å². The summed E-state index contributed by atoms with van der Waals surface area (Å²) < 4.78 is 27.5. The summed E-state index contributed by atoms with van der Waals surface area (Å²) in [6.07, 6.45) is 3.24. The van der Waals surface area contributed by atoms with Crippen LogP contribution in [0, 0.1) is 6.92 Å². The summed E-state index contributed by atoms with van der Waals surface area (Å²) >= 11 is 0. The molecule has 4 nitrogen and oxygen atoms in total. The third kappa shape index (κ3) is 4.04. The van der Waals surface area contributed by atoms with E-state index in [9.17, 15) is 8.42 Å². The Bertz CT molecular complexity index is 565. The van der Waals surface area contributed by atoms with Crippen molar-refractivity contribution in [3.63, 3.8) is 0 Å².